The monoisotopic (exact) mass is 459 g/mol. The van der Waals surface area contributed by atoms with Crippen LogP contribution in [0.1, 0.15) is 10.4 Å². The van der Waals surface area contributed by atoms with Gasteiger partial charge in [-0.2, -0.15) is 0 Å². The molecule has 0 aliphatic rings. The van der Waals surface area contributed by atoms with Crippen LogP contribution in [0.15, 0.2) is 71.6 Å². The molecule has 0 radical (unpaired) electrons. The summed E-state index contributed by atoms with van der Waals surface area (Å²) in [6.45, 7) is 0. The molecule has 0 aliphatic carbocycles. The Labute approximate surface area is 186 Å². The maximum atomic E-state index is 12.9. The molecule has 0 spiro atoms. The third kappa shape index (κ3) is 5.28. The second-order valence-corrected chi connectivity index (χ2v) is 8.96. The van der Waals surface area contributed by atoms with Crippen LogP contribution in [0.5, 0.6) is 5.75 Å². The molecule has 0 aromatic heterocycles. The number of methoxy groups -OCH3 is 1. The minimum absolute atomic E-state index is 0.0509. The van der Waals surface area contributed by atoms with Gasteiger partial charge in [0.05, 0.1) is 29.1 Å². The molecule has 0 unspecified atom stereocenters. The molecule has 0 bridgehead atoms. The topological polar surface area (TPSA) is 87.7 Å². The molecule has 7 nitrogen and oxygen atoms in total. The first-order chi connectivity index (χ1) is 14.7. The first kappa shape index (κ1) is 22.5. The van der Waals surface area contributed by atoms with E-state index >= 15 is 0 Å². The van der Waals surface area contributed by atoms with Crippen molar-refractivity contribution in [2.45, 2.75) is 4.90 Å². The molecule has 0 atom stereocenters. The first-order valence-electron chi connectivity index (χ1n) is 9.25. The van der Waals surface area contributed by atoms with Crippen molar-refractivity contribution in [2.75, 3.05) is 36.1 Å². The Kier molecular flexibility index (Phi) is 6.72. The van der Waals surface area contributed by atoms with E-state index in [-0.39, 0.29) is 10.5 Å². The molecule has 0 saturated heterocycles. The fourth-order valence-corrected chi connectivity index (χ4v) is 4.22. The molecule has 9 heteroatoms. The molecular formula is C22H22ClN3O4S. The minimum atomic E-state index is -3.94. The standard InChI is InChI=1S/C22H22ClN3O4S/c1-26(2)20-12-11-16(23)14-19(20)24-22(27)15-7-6-8-17(13-15)31(28,29)25-18-9-4-5-10-21(18)30-3/h4-14,25H,1-3H3,(H,24,27). The Morgan fingerprint density at radius 1 is 0.968 bits per heavy atom. The maximum Gasteiger partial charge on any atom is 0.262 e. The fraction of sp³-hybridized carbons (Fsp3) is 0.136. The fourth-order valence-electron chi connectivity index (χ4n) is 2.93. The van der Waals surface area contributed by atoms with E-state index < -0.39 is 15.9 Å². The number of benzene rings is 3. The van der Waals surface area contributed by atoms with E-state index in [9.17, 15) is 13.2 Å². The van der Waals surface area contributed by atoms with Crippen molar-refractivity contribution >= 4 is 44.6 Å². The van der Waals surface area contributed by atoms with Gasteiger partial charge in [-0.3, -0.25) is 9.52 Å². The highest BCUT2D eigenvalue weighted by molar-refractivity contribution is 7.92. The number of anilines is 3. The van der Waals surface area contributed by atoms with Crippen LogP contribution < -0.4 is 19.7 Å². The Bertz CT molecular complexity index is 1210. The van der Waals surface area contributed by atoms with Gasteiger partial charge in [-0.1, -0.05) is 29.8 Å². The quantitative estimate of drug-likeness (QED) is 0.544. The highest BCUT2D eigenvalue weighted by Gasteiger charge is 2.19. The van der Waals surface area contributed by atoms with Gasteiger partial charge >= 0.3 is 0 Å². The summed E-state index contributed by atoms with van der Waals surface area (Å²) in [6.07, 6.45) is 0. The summed E-state index contributed by atoms with van der Waals surface area (Å²) in [7, 11) is 1.20. The van der Waals surface area contributed by atoms with Gasteiger partial charge in [0, 0.05) is 24.7 Å². The van der Waals surface area contributed by atoms with Gasteiger partial charge in [0.1, 0.15) is 5.75 Å². The summed E-state index contributed by atoms with van der Waals surface area (Å²) in [5, 5.41) is 3.27. The molecule has 162 valence electrons. The predicted molar refractivity (Wildman–Crippen MR) is 124 cm³/mol. The summed E-state index contributed by atoms with van der Waals surface area (Å²) >= 11 is 6.07. The number of carbonyl (C=O) groups is 1. The molecule has 1 amide bonds. The SMILES string of the molecule is COc1ccccc1NS(=O)(=O)c1cccc(C(=O)Nc2cc(Cl)ccc2N(C)C)c1. The summed E-state index contributed by atoms with van der Waals surface area (Å²) in [6, 6.07) is 17.6. The van der Waals surface area contributed by atoms with Gasteiger partial charge in [0.15, 0.2) is 0 Å². The lowest BCUT2D eigenvalue weighted by Crippen LogP contribution is -2.18. The summed E-state index contributed by atoms with van der Waals surface area (Å²) < 4.78 is 33.4. The highest BCUT2D eigenvalue weighted by Crippen LogP contribution is 2.29. The second-order valence-electron chi connectivity index (χ2n) is 6.84. The van der Waals surface area contributed by atoms with Crippen LogP contribution >= 0.6 is 11.6 Å². The second kappa shape index (κ2) is 9.28. The van der Waals surface area contributed by atoms with E-state index in [0.29, 0.717) is 22.1 Å². The number of sulfonamides is 1. The van der Waals surface area contributed by atoms with E-state index in [1.807, 2.05) is 19.0 Å². The average Bonchev–Trinajstić information content (AvgIpc) is 2.74. The van der Waals surface area contributed by atoms with Crippen LogP contribution in [0.4, 0.5) is 17.1 Å². The van der Waals surface area contributed by atoms with Crippen molar-refractivity contribution < 1.29 is 17.9 Å². The third-order valence-corrected chi connectivity index (χ3v) is 6.04. The number of nitrogens with zero attached hydrogens (tertiary/aromatic N) is 1. The van der Waals surface area contributed by atoms with E-state index in [1.165, 1.54) is 31.4 Å². The number of ether oxygens (including phenoxy) is 1. The van der Waals surface area contributed by atoms with Crippen molar-refractivity contribution in [3.63, 3.8) is 0 Å². The predicted octanol–water partition coefficient (Wildman–Crippen LogP) is 4.47. The number of amides is 1. The van der Waals surface area contributed by atoms with Crippen molar-refractivity contribution in [2.24, 2.45) is 0 Å². The molecule has 0 fully saturated rings. The number of halogens is 1. The van der Waals surface area contributed by atoms with Crippen LogP contribution in [0.3, 0.4) is 0 Å². The van der Waals surface area contributed by atoms with Crippen LogP contribution in [-0.4, -0.2) is 35.5 Å². The molecule has 3 aromatic rings. The lowest BCUT2D eigenvalue weighted by atomic mass is 10.2. The smallest absolute Gasteiger partial charge is 0.262 e. The Morgan fingerprint density at radius 3 is 2.42 bits per heavy atom. The average molecular weight is 460 g/mol. The van der Waals surface area contributed by atoms with Crippen molar-refractivity contribution in [3.8, 4) is 5.75 Å². The van der Waals surface area contributed by atoms with Crippen LogP contribution in [0, 0.1) is 0 Å². The number of hydrogen-bond donors (Lipinski definition) is 2. The number of carbonyl (C=O) groups excluding carboxylic acids is 1. The van der Waals surface area contributed by atoms with E-state index in [0.717, 1.165) is 5.69 Å². The molecule has 31 heavy (non-hydrogen) atoms. The largest absolute Gasteiger partial charge is 0.495 e. The number of rotatable bonds is 7. The van der Waals surface area contributed by atoms with Crippen molar-refractivity contribution in [3.05, 3.63) is 77.3 Å². The van der Waals surface area contributed by atoms with E-state index in [2.05, 4.69) is 10.0 Å². The highest BCUT2D eigenvalue weighted by atomic mass is 35.5. The molecular weight excluding hydrogens is 438 g/mol. The van der Waals surface area contributed by atoms with E-state index in [1.54, 1.807) is 42.5 Å². The van der Waals surface area contributed by atoms with Gasteiger partial charge < -0.3 is 15.0 Å². The molecule has 3 rings (SSSR count). The zero-order valence-corrected chi connectivity index (χ0v) is 18.8. The number of nitrogens with one attached hydrogen (secondary N) is 2. The van der Waals surface area contributed by atoms with E-state index in [4.69, 9.17) is 16.3 Å². The van der Waals surface area contributed by atoms with Crippen molar-refractivity contribution in [1.29, 1.82) is 0 Å². The minimum Gasteiger partial charge on any atom is -0.495 e. The Hall–Kier alpha value is -3.23. The summed E-state index contributed by atoms with van der Waals surface area (Å²) in [5.74, 6) is -0.0724. The van der Waals surface area contributed by atoms with Crippen molar-refractivity contribution in [1.82, 2.24) is 0 Å². The first-order valence-corrected chi connectivity index (χ1v) is 11.1. The normalized spacial score (nSPS) is 11.0. The molecule has 2 N–H and O–H groups in total. The van der Waals surface area contributed by atoms with Gasteiger partial charge in [0.2, 0.25) is 0 Å². The van der Waals surface area contributed by atoms with Crippen LogP contribution in [0.2, 0.25) is 5.02 Å². The lowest BCUT2D eigenvalue weighted by molar-refractivity contribution is 0.102. The number of para-hydroxylation sites is 2. The lowest BCUT2D eigenvalue weighted by Gasteiger charge is -2.18. The van der Waals surface area contributed by atoms with Crippen LogP contribution in [-0.2, 0) is 10.0 Å². The van der Waals surface area contributed by atoms with Crippen LogP contribution in [0.25, 0.3) is 0 Å². The molecule has 0 saturated carbocycles. The zero-order valence-electron chi connectivity index (χ0n) is 17.2. The molecule has 0 heterocycles. The molecule has 0 aliphatic heterocycles. The summed E-state index contributed by atoms with van der Waals surface area (Å²) in [5.41, 5.74) is 1.77. The van der Waals surface area contributed by atoms with Gasteiger partial charge in [-0.25, -0.2) is 8.42 Å². The Morgan fingerprint density at radius 2 is 1.71 bits per heavy atom. The molecule has 3 aromatic carbocycles. The zero-order chi connectivity index (χ0) is 22.6. The maximum absolute atomic E-state index is 12.9. The number of hydrogen-bond acceptors (Lipinski definition) is 5. The Balaban J connectivity index is 1.88. The van der Waals surface area contributed by atoms with Gasteiger partial charge in [-0.15, -0.1) is 0 Å². The summed E-state index contributed by atoms with van der Waals surface area (Å²) in [4.78, 5) is 14.6. The van der Waals surface area contributed by atoms with Gasteiger partial charge in [-0.05, 0) is 48.5 Å². The third-order valence-electron chi connectivity index (χ3n) is 4.45. The van der Waals surface area contributed by atoms with Gasteiger partial charge in [0.25, 0.3) is 15.9 Å².